The van der Waals surface area contributed by atoms with Gasteiger partial charge in [-0.2, -0.15) is 0 Å². The van der Waals surface area contributed by atoms with Crippen molar-refractivity contribution in [1.82, 2.24) is 10.6 Å². The van der Waals surface area contributed by atoms with Crippen LogP contribution in [0.5, 0.6) is 0 Å². The second-order valence-electron chi connectivity index (χ2n) is 5.23. The number of carbonyl (C=O) groups is 2. The molecule has 0 saturated heterocycles. The van der Waals surface area contributed by atoms with Gasteiger partial charge in [-0.25, -0.2) is 9.59 Å². The summed E-state index contributed by atoms with van der Waals surface area (Å²) in [6.45, 7) is 4.28. The van der Waals surface area contributed by atoms with Gasteiger partial charge in [-0.1, -0.05) is 44.2 Å². The molecule has 2 amide bonds. The minimum absolute atomic E-state index is 0.0208. The normalized spacial score (nSPS) is 11.8. The molecule has 1 atom stereocenters. The Morgan fingerprint density at radius 2 is 1.86 bits per heavy atom. The van der Waals surface area contributed by atoms with E-state index in [4.69, 9.17) is 0 Å². The third-order valence-corrected chi connectivity index (χ3v) is 3.18. The maximum Gasteiger partial charge on any atom is 0.328 e. The molecule has 2 N–H and O–H groups in total. The molecular formula is C16H24N2O3. The van der Waals surface area contributed by atoms with Gasteiger partial charge in [-0.3, -0.25) is 0 Å². The molecule has 1 aromatic carbocycles. The summed E-state index contributed by atoms with van der Waals surface area (Å²) in [7, 11) is 1.32. The molecule has 0 bridgehead atoms. The molecule has 0 aliphatic heterocycles. The highest BCUT2D eigenvalue weighted by Crippen LogP contribution is 2.04. The number of aryl methyl sites for hydroxylation is 1. The number of ether oxygens (including phenoxy) is 1. The van der Waals surface area contributed by atoms with Crippen LogP contribution in [0.1, 0.15) is 25.8 Å². The van der Waals surface area contributed by atoms with Gasteiger partial charge in [0.25, 0.3) is 0 Å². The maximum atomic E-state index is 11.8. The largest absolute Gasteiger partial charge is 0.467 e. The van der Waals surface area contributed by atoms with Crippen LogP contribution in [0.4, 0.5) is 4.79 Å². The fraction of sp³-hybridized carbons (Fsp3) is 0.500. The van der Waals surface area contributed by atoms with E-state index in [1.165, 1.54) is 12.7 Å². The summed E-state index contributed by atoms with van der Waals surface area (Å²) in [5.41, 5.74) is 1.24. The van der Waals surface area contributed by atoms with Gasteiger partial charge >= 0.3 is 12.0 Å². The van der Waals surface area contributed by atoms with Crippen LogP contribution in [0.15, 0.2) is 30.3 Å². The van der Waals surface area contributed by atoms with Gasteiger partial charge in [0.05, 0.1) is 7.11 Å². The average Bonchev–Trinajstić information content (AvgIpc) is 2.49. The number of methoxy groups -OCH3 is 1. The van der Waals surface area contributed by atoms with E-state index in [1.54, 1.807) is 0 Å². The monoisotopic (exact) mass is 292 g/mol. The first-order valence-corrected chi connectivity index (χ1v) is 7.20. The van der Waals surface area contributed by atoms with Gasteiger partial charge in [0.15, 0.2) is 0 Å². The predicted molar refractivity (Wildman–Crippen MR) is 81.9 cm³/mol. The first-order valence-electron chi connectivity index (χ1n) is 7.20. The summed E-state index contributed by atoms with van der Waals surface area (Å²) in [5.74, 6) is -0.447. The zero-order valence-electron chi connectivity index (χ0n) is 12.9. The number of nitrogens with one attached hydrogen (secondary N) is 2. The van der Waals surface area contributed by atoms with Crippen LogP contribution < -0.4 is 10.6 Å². The van der Waals surface area contributed by atoms with E-state index in [0.29, 0.717) is 6.54 Å². The van der Waals surface area contributed by atoms with Crippen molar-refractivity contribution in [2.45, 2.75) is 32.7 Å². The highest BCUT2D eigenvalue weighted by Gasteiger charge is 2.24. The zero-order chi connectivity index (χ0) is 15.7. The van der Waals surface area contributed by atoms with Crippen molar-refractivity contribution in [3.63, 3.8) is 0 Å². The first-order chi connectivity index (χ1) is 10.0. The van der Waals surface area contributed by atoms with Crippen LogP contribution in [0.3, 0.4) is 0 Å². The molecule has 116 valence electrons. The Labute approximate surface area is 126 Å². The van der Waals surface area contributed by atoms with E-state index in [-0.39, 0.29) is 11.9 Å². The molecule has 5 heteroatoms. The molecule has 0 spiro atoms. The molecule has 0 heterocycles. The standard InChI is InChI=1S/C16H24N2O3/c1-12(2)14(15(19)21-3)18-16(20)17-11-7-10-13-8-5-4-6-9-13/h4-6,8-9,12,14H,7,10-11H2,1-3H3,(H2,17,18,20). The molecule has 0 radical (unpaired) electrons. The van der Waals surface area contributed by atoms with Crippen molar-refractivity contribution in [2.24, 2.45) is 5.92 Å². The molecule has 0 aliphatic carbocycles. The Bertz CT molecular complexity index is 446. The quantitative estimate of drug-likeness (QED) is 0.597. The Hall–Kier alpha value is -2.04. The van der Waals surface area contributed by atoms with E-state index in [1.807, 2.05) is 32.0 Å². The summed E-state index contributed by atoms with van der Waals surface area (Å²) in [5, 5.41) is 5.40. The lowest BCUT2D eigenvalue weighted by molar-refractivity contribution is -0.143. The molecule has 0 aliphatic rings. The minimum Gasteiger partial charge on any atom is -0.467 e. The third kappa shape index (κ3) is 6.29. The van der Waals surface area contributed by atoms with Gasteiger partial charge < -0.3 is 15.4 Å². The van der Waals surface area contributed by atoms with E-state index in [0.717, 1.165) is 12.8 Å². The number of esters is 1. The molecule has 0 saturated carbocycles. The molecule has 1 unspecified atom stereocenters. The van der Waals surface area contributed by atoms with Crippen molar-refractivity contribution >= 4 is 12.0 Å². The maximum absolute atomic E-state index is 11.8. The Morgan fingerprint density at radius 1 is 1.19 bits per heavy atom. The number of urea groups is 1. The second kappa shape index (κ2) is 9.00. The SMILES string of the molecule is COC(=O)C(NC(=O)NCCCc1ccccc1)C(C)C. The summed E-state index contributed by atoms with van der Waals surface area (Å²) in [6.07, 6.45) is 1.76. The number of hydrogen-bond donors (Lipinski definition) is 2. The van der Waals surface area contributed by atoms with Crippen molar-refractivity contribution in [1.29, 1.82) is 0 Å². The van der Waals surface area contributed by atoms with E-state index < -0.39 is 12.0 Å². The first kappa shape index (κ1) is 17.0. The van der Waals surface area contributed by atoms with Crippen molar-refractivity contribution in [2.75, 3.05) is 13.7 Å². The lowest BCUT2D eigenvalue weighted by atomic mass is 10.1. The molecule has 0 fully saturated rings. The smallest absolute Gasteiger partial charge is 0.328 e. The summed E-state index contributed by atoms with van der Waals surface area (Å²) < 4.78 is 4.68. The van der Waals surface area contributed by atoms with Crippen LogP contribution in [0, 0.1) is 5.92 Å². The molecule has 21 heavy (non-hydrogen) atoms. The Morgan fingerprint density at radius 3 is 2.43 bits per heavy atom. The van der Waals surface area contributed by atoms with Gasteiger partial charge in [-0.05, 0) is 24.3 Å². The van der Waals surface area contributed by atoms with Gasteiger partial charge in [0, 0.05) is 6.54 Å². The van der Waals surface area contributed by atoms with Crippen LogP contribution in [-0.2, 0) is 16.0 Å². The van der Waals surface area contributed by atoms with Gasteiger partial charge in [0.1, 0.15) is 6.04 Å². The fourth-order valence-electron chi connectivity index (χ4n) is 1.96. The summed E-state index contributed by atoms with van der Waals surface area (Å²) in [6, 6.07) is 9.14. The summed E-state index contributed by atoms with van der Waals surface area (Å²) >= 11 is 0. The zero-order valence-corrected chi connectivity index (χ0v) is 12.9. The molecular weight excluding hydrogens is 268 g/mol. The number of amides is 2. The van der Waals surface area contributed by atoms with E-state index in [2.05, 4.69) is 27.5 Å². The number of rotatable bonds is 7. The van der Waals surface area contributed by atoms with Gasteiger partial charge in [-0.15, -0.1) is 0 Å². The number of hydrogen-bond acceptors (Lipinski definition) is 3. The van der Waals surface area contributed by atoms with Crippen molar-refractivity contribution < 1.29 is 14.3 Å². The highest BCUT2D eigenvalue weighted by molar-refractivity contribution is 5.83. The summed E-state index contributed by atoms with van der Waals surface area (Å²) in [4.78, 5) is 23.3. The van der Waals surface area contributed by atoms with E-state index in [9.17, 15) is 9.59 Å². The molecule has 0 aromatic heterocycles. The average molecular weight is 292 g/mol. The Kier molecular flexibility index (Phi) is 7.29. The minimum atomic E-state index is -0.621. The second-order valence-corrected chi connectivity index (χ2v) is 5.23. The van der Waals surface area contributed by atoms with Crippen LogP contribution >= 0.6 is 0 Å². The lowest BCUT2D eigenvalue weighted by Gasteiger charge is -2.20. The predicted octanol–water partition coefficient (Wildman–Crippen LogP) is 2.12. The van der Waals surface area contributed by atoms with Crippen molar-refractivity contribution in [3.05, 3.63) is 35.9 Å². The molecule has 5 nitrogen and oxygen atoms in total. The van der Waals surface area contributed by atoms with Crippen LogP contribution in [0.25, 0.3) is 0 Å². The Balaban J connectivity index is 2.28. The van der Waals surface area contributed by atoms with Crippen LogP contribution in [0.2, 0.25) is 0 Å². The molecule has 1 rings (SSSR count). The molecule has 1 aromatic rings. The van der Waals surface area contributed by atoms with Gasteiger partial charge in [0.2, 0.25) is 0 Å². The number of benzene rings is 1. The third-order valence-electron chi connectivity index (χ3n) is 3.18. The highest BCUT2D eigenvalue weighted by atomic mass is 16.5. The fourth-order valence-corrected chi connectivity index (χ4v) is 1.96. The lowest BCUT2D eigenvalue weighted by Crippen LogP contribution is -2.49. The van der Waals surface area contributed by atoms with E-state index >= 15 is 0 Å². The van der Waals surface area contributed by atoms with Crippen LogP contribution in [-0.4, -0.2) is 31.7 Å². The topological polar surface area (TPSA) is 67.4 Å². The van der Waals surface area contributed by atoms with Crippen molar-refractivity contribution in [3.8, 4) is 0 Å². The number of carbonyl (C=O) groups excluding carboxylic acids is 2.